The molecule has 1 saturated heterocycles. The first-order valence-electron chi connectivity index (χ1n) is 5.85. The average Bonchev–Trinajstić information content (AvgIpc) is 2.78. The van der Waals surface area contributed by atoms with Crippen molar-refractivity contribution in [3.63, 3.8) is 0 Å². The highest BCUT2D eigenvalue weighted by Crippen LogP contribution is 2.26. The highest BCUT2D eigenvalue weighted by atomic mass is 16.5. The van der Waals surface area contributed by atoms with Crippen LogP contribution < -0.4 is 5.73 Å². The summed E-state index contributed by atoms with van der Waals surface area (Å²) in [7, 11) is 0. The third-order valence-corrected chi connectivity index (χ3v) is 3.04. The first-order valence-corrected chi connectivity index (χ1v) is 5.85. The molecule has 1 aliphatic heterocycles. The second-order valence-corrected chi connectivity index (χ2v) is 4.65. The molecular weight excluding hydrogens is 206 g/mol. The first-order chi connectivity index (χ1) is 7.68. The Labute approximate surface area is 95.3 Å². The van der Waals surface area contributed by atoms with Gasteiger partial charge < -0.3 is 15.0 Å². The van der Waals surface area contributed by atoms with E-state index in [1.54, 1.807) is 0 Å². The van der Waals surface area contributed by atoms with Crippen molar-refractivity contribution in [3.8, 4) is 0 Å². The largest absolute Gasteiger partial charge is 0.381 e. The molecule has 90 valence electrons. The molecule has 16 heavy (non-hydrogen) atoms. The third-order valence-electron chi connectivity index (χ3n) is 3.04. The van der Waals surface area contributed by atoms with Gasteiger partial charge in [0.15, 0.2) is 5.82 Å². The minimum absolute atomic E-state index is 0.141. The minimum Gasteiger partial charge on any atom is -0.381 e. The van der Waals surface area contributed by atoms with Crippen LogP contribution in [0.2, 0.25) is 0 Å². The normalized spacial score (nSPS) is 20.2. The highest BCUT2D eigenvalue weighted by Gasteiger charge is 2.24. The Morgan fingerprint density at radius 3 is 2.62 bits per heavy atom. The molecule has 0 aliphatic carbocycles. The van der Waals surface area contributed by atoms with E-state index in [0.717, 1.165) is 31.9 Å². The average molecular weight is 225 g/mol. The molecule has 0 radical (unpaired) electrons. The molecule has 2 rings (SSSR count). The van der Waals surface area contributed by atoms with Crippen molar-refractivity contribution < 1.29 is 9.26 Å². The van der Waals surface area contributed by atoms with Crippen molar-refractivity contribution in [2.45, 2.75) is 38.6 Å². The van der Waals surface area contributed by atoms with Crippen LogP contribution >= 0.6 is 0 Å². The molecule has 1 aromatic rings. The van der Waals surface area contributed by atoms with Gasteiger partial charge in [0.05, 0.1) is 6.04 Å². The zero-order chi connectivity index (χ0) is 11.5. The standard InChI is InChI=1S/C11H19N3O2/c1-7(2)9(12)10-13-11(16-14-10)8-3-5-15-6-4-8/h7-9H,3-6,12H2,1-2H3. The highest BCUT2D eigenvalue weighted by molar-refractivity contribution is 4.99. The molecule has 5 heteroatoms. The predicted molar refractivity (Wildman–Crippen MR) is 58.9 cm³/mol. The van der Waals surface area contributed by atoms with Crippen LogP contribution in [0.25, 0.3) is 0 Å². The predicted octanol–water partition coefficient (Wildman–Crippen LogP) is 1.62. The van der Waals surface area contributed by atoms with Gasteiger partial charge in [-0.3, -0.25) is 0 Å². The van der Waals surface area contributed by atoms with Gasteiger partial charge in [-0.1, -0.05) is 19.0 Å². The van der Waals surface area contributed by atoms with Crippen LogP contribution in [-0.2, 0) is 4.74 Å². The maximum atomic E-state index is 5.97. The van der Waals surface area contributed by atoms with Gasteiger partial charge in [0.25, 0.3) is 0 Å². The molecule has 1 fully saturated rings. The lowest BCUT2D eigenvalue weighted by Crippen LogP contribution is -2.18. The molecule has 1 aromatic heterocycles. The van der Waals surface area contributed by atoms with Gasteiger partial charge in [-0.15, -0.1) is 0 Å². The molecule has 1 aliphatic rings. The Morgan fingerprint density at radius 2 is 2.00 bits per heavy atom. The summed E-state index contributed by atoms with van der Waals surface area (Å²) in [5.74, 6) is 2.00. The number of hydrogen-bond acceptors (Lipinski definition) is 5. The van der Waals surface area contributed by atoms with E-state index in [9.17, 15) is 0 Å². The van der Waals surface area contributed by atoms with Crippen LogP contribution in [0.1, 0.15) is 50.4 Å². The molecule has 5 nitrogen and oxygen atoms in total. The molecule has 2 heterocycles. The Hall–Kier alpha value is -0.940. The number of ether oxygens (including phenoxy) is 1. The lowest BCUT2D eigenvalue weighted by atomic mass is 10.0. The van der Waals surface area contributed by atoms with Crippen LogP contribution in [0.15, 0.2) is 4.52 Å². The quantitative estimate of drug-likeness (QED) is 0.846. The Balaban J connectivity index is 2.06. The number of rotatable bonds is 3. The van der Waals surface area contributed by atoms with E-state index in [0.29, 0.717) is 17.7 Å². The van der Waals surface area contributed by atoms with E-state index in [4.69, 9.17) is 15.0 Å². The number of nitrogens with zero attached hydrogens (tertiary/aromatic N) is 2. The Morgan fingerprint density at radius 1 is 1.31 bits per heavy atom. The summed E-state index contributed by atoms with van der Waals surface area (Å²) in [4.78, 5) is 4.40. The number of aromatic nitrogens is 2. The zero-order valence-electron chi connectivity index (χ0n) is 9.85. The van der Waals surface area contributed by atoms with E-state index >= 15 is 0 Å². The summed E-state index contributed by atoms with van der Waals surface area (Å²) >= 11 is 0. The Bertz CT molecular complexity index is 332. The van der Waals surface area contributed by atoms with E-state index in [1.807, 2.05) is 0 Å². The van der Waals surface area contributed by atoms with Gasteiger partial charge in [0, 0.05) is 19.1 Å². The fourth-order valence-corrected chi connectivity index (χ4v) is 1.79. The maximum absolute atomic E-state index is 5.97. The van der Waals surface area contributed by atoms with Gasteiger partial charge in [-0.25, -0.2) is 0 Å². The second kappa shape index (κ2) is 4.93. The van der Waals surface area contributed by atoms with Crippen LogP contribution in [-0.4, -0.2) is 23.4 Å². The van der Waals surface area contributed by atoms with Crippen molar-refractivity contribution in [2.24, 2.45) is 11.7 Å². The Kier molecular flexibility index (Phi) is 3.56. The van der Waals surface area contributed by atoms with E-state index in [2.05, 4.69) is 24.0 Å². The molecule has 0 amide bonds. The molecule has 0 aromatic carbocycles. The zero-order valence-corrected chi connectivity index (χ0v) is 9.85. The monoisotopic (exact) mass is 225 g/mol. The maximum Gasteiger partial charge on any atom is 0.229 e. The fourth-order valence-electron chi connectivity index (χ4n) is 1.79. The summed E-state index contributed by atoms with van der Waals surface area (Å²) in [6.07, 6.45) is 1.91. The summed E-state index contributed by atoms with van der Waals surface area (Å²) in [6, 6.07) is -0.141. The van der Waals surface area contributed by atoms with E-state index in [1.165, 1.54) is 0 Å². The smallest absolute Gasteiger partial charge is 0.229 e. The van der Waals surface area contributed by atoms with Crippen molar-refractivity contribution in [3.05, 3.63) is 11.7 Å². The summed E-state index contributed by atoms with van der Waals surface area (Å²) in [5.41, 5.74) is 5.97. The van der Waals surface area contributed by atoms with Gasteiger partial charge in [-0.05, 0) is 18.8 Å². The first kappa shape index (κ1) is 11.5. The lowest BCUT2D eigenvalue weighted by Gasteiger charge is -2.18. The molecule has 0 spiro atoms. The third kappa shape index (κ3) is 2.41. The summed E-state index contributed by atoms with van der Waals surface area (Å²) < 4.78 is 10.6. The SMILES string of the molecule is CC(C)C(N)c1noc(C2CCOCC2)n1. The lowest BCUT2D eigenvalue weighted by molar-refractivity contribution is 0.0778. The van der Waals surface area contributed by atoms with Crippen LogP contribution in [0.3, 0.4) is 0 Å². The number of hydrogen-bond donors (Lipinski definition) is 1. The number of nitrogens with two attached hydrogens (primary N) is 1. The van der Waals surface area contributed by atoms with Gasteiger partial charge in [0.1, 0.15) is 0 Å². The van der Waals surface area contributed by atoms with Crippen molar-refractivity contribution in [1.82, 2.24) is 10.1 Å². The van der Waals surface area contributed by atoms with Crippen LogP contribution in [0, 0.1) is 5.92 Å². The molecular formula is C11H19N3O2. The van der Waals surface area contributed by atoms with Crippen molar-refractivity contribution in [2.75, 3.05) is 13.2 Å². The molecule has 1 atom stereocenters. The van der Waals surface area contributed by atoms with Gasteiger partial charge in [-0.2, -0.15) is 4.98 Å². The summed E-state index contributed by atoms with van der Waals surface area (Å²) in [6.45, 7) is 5.65. The van der Waals surface area contributed by atoms with Crippen LogP contribution in [0.5, 0.6) is 0 Å². The minimum atomic E-state index is -0.141. The second-order valence-electron chi connectivity index (χ2n) is 4.65. The molecule has 0 bridgehead atoms. The summed E-state index contributed by atoms with van der Waals surface area (Å²) in [5, 5.41) is 3.96. The van der Waals surface area contributed by atoms with Crippen molar-refractivity contribution >= 4 is 0 Å². The molecule has 2 N–H and O–H groups in total. The molecule has 1 unspecified atom stereocenters. The van der Waals surface area contributed by atoms with E-state index in [-0.39, 0.29) is 6.04 Å². The van der Waals surface area contributed by atoms with Crippen molar-refractivity contribution in [1.29, 1.82) is 0 Å². The topological polar surface area (TPSA) is 74.2 Å². The van der Waals surface area contributed by atoms with Crippen LogP contribution in [0.4, 0.5) is 0 Å². The van der Waals surface area contributed by atoms with E-state index < -0.39 is 0 Å². The molecule has 0 saturated carbocycles. The van der Waals surface area contributed by atoms with Gasteiger partial charge >= 0.3 is 0 Å². The fraction of sp³-hybridized carbons (Fsp3) is 0.818. The van der Waals surface area contributed by atoms with Gasteiger partial charge in [0.2, 0.25) is 5.89 Å².